The Morgan fingerprint density at radius 2 is 2.29 bits per heavy atom. The van der Waals surface area contributed by atoms with E-state index in [2.05, 4.69) is 20.3 Å². The number of nitrogens with zero attached hydrogens (tertiary/aromatic N) is 1. The molecular weight excluding hydrogens is 292 g/mol. The van der Waals surface area contributed by atoms with Crippen LogP contribution in [0.15, 0.2) is 23.4 Å². The predicted octanol–water partition coefficient (Wildman–Crippen LogP) is 0.460. The van der Waals surface area contributed by atoms with Crippen molar-refractivity contribution in [2.75, 3.05) is 18.4 Å². The minimum absolute atomic E-state index is 0.0724. The molecule has 1 atom stereocenters. The molecule has 21 heavy (non-hydrogen) atoms. The number of piperidine rings is 1. The second kappa shape index (κ2) is 6.86. The van der Waals surface area contributed by atoms with E-state index in [0.29, 0.717) is 25.2 Å². The highest BCUT2D eigenvalue weighted by Crippen LogP contribution is 2.19. The number of sulfonamides is 1. The van der Waals surface area contributed by atoms with E-state index < -0.39 is 16.1 Å². The van der Waals surface area contributed by atoms with Gasteiger partial charge in [0.2, 0.25) is 5.91 Å². The van der Waals surface area contributed by atoms with Crippen molar-refractivity contribution in [3.63, 3.8) is 0 Å². The third-order valence-electron chi connectivity index (χ3n) is 3.17. The van der Waals surface area contributed by atoms with Gasteiger partial charge in [-0.25, -0.2) is 13.4 Å². The molecule has 1 saturated heterocycles. The molecular formula is C13H20N4O3S. The van der Waals surface area contributed by atoms with Crippen LogP contribution in [0.5, 0.6) is 0 Å². The molecule has 7 nitrogen and oxygen atoms in total. The molecule has 1 aromatic rings. The zero-order valence-electron chi connectivity index (χ0n) is 11.9. The van der Waals surface area contributed by atoms with Crippen LogP contribution in [0.25, 0.3) is 0 Å². The highest BCUT2D eigenvalue weighted by atomic mass is 32.2. The Morgan fingerprint density at radius 1 is 1.48 bits per heavy atom. The van der Waals surface area contributed by atoms with Crippen LogP contribution in [0.1, 0.15) is 26.2 Å². The molecule has 1 amide bonds. The van der Waals surface area contributed by atoms with Crippen molar-refractivity contribution in [1.82, 2.24) is 15.0 Å². The van der Waals surface area contributed by atoms with Crippen molar-refractivity contribution in [3.05, 3.63) is 18.3 Å². The summed E-state index contributed by atoms with van der Waals surface area (Å²) < 4.78 is 27.3. The Bertz CT molecular complexity index is 603. The molecule has 2 rings (SSSR count). The number of carbonyl (C=O) groups excluding carboxylic acids is 1. The molecule has 0 spiro atoms. The minimum Gasteiger partial charge on any atom is -0.383 e. The molecule has 1 aromatic heterocycles. The van der Waals surface area contributed by atoms with E-state index in [0.717, 1.165) is 12.8 Å². The van der Waals surface area contributed by atoms with E-state index in [1.54, 1.807) is 12.1 Å². The molecule has 1 aliphatic rings. The first kappa shape index (κ1) is 15.7. The molecule has 2 heterocycles. The lowest BCUT2D eigenvalue weighted by atomic mass is 10.1. The number of amides is 1. The summed E-state index contributed by atoms with van der Waals surface area (Å²) in [4.78, 5) is 15.6. The Labute approximate surface area is 124 Å². The monoisotopic (exact) mass is 312 g/mol. The molecule has 0 bridgehead atoms. The Morgan fingerprint density at radius 3 is 3.00 bits per heavy atom. The topological polar surface area (TPSA) is 100 Å². The molecule has 1 fully saturated rings. The van der Waals surface area contributed by atoms with Gasteiger partial charge in [-0.05, 0) is 31.4 Å². The van der Waals surface area contributed by atoms with Gasteiger partial charge >= 0.3 is 0 Å². The third kappa shape index (κ3) is 3.92. The molecule has 0 aliphatic carbocycles. The summed E-state index contributed by atoms with van der Waals surface area (Å²) in [5, 5.41) is 5.62. The summed E-state index contributed by atoms with van der Waals surface area (Å²) in [7, 11) is -3.84. The fourth-order valence-corrected chi connectivity index (χ4v) is 3.47. The van der Waals surface area contributed by atoms with Gasteiger partial charge in [0.25, 0.3) is 10.0 Å². The maximum Gasteiger partial charge on any atom is 0.260 e. The number of anilines is 1. The second-order valence-electron chi connectivity index (χ2n) is 4.89. The maximum atomic E-state index is 12.4. The van der Waals surface area contributed by atoms with E-state index in [1.807, 2.05) is 6.92 Å². The quantitative estimate of drug-likeness (QED) is 0.708. The molecule has 3 N–H and O–H groups in total. The molecule has 0 aromatic carbocycles. The average molecular weight is 312 g/mol. The minimum atomic E-state index is -3.84. The van der Waals surface area contributed by atoms with Crippen molar-refractivity contribution in [2.45, 2.75) is 37.3 Å². The molecule has 116 valence electrons. The van der Waals surface area contributed by atoms with Gasteiger partial charge in [-0.3, -0.25) is 4.79 Å². The highest BCUT2D eigenvalue weighted by Gasteiger charge is 2.29. The fourth-order valence-electron chi connectivity index (χ4n) is 2.13. The predicted molar refractivity (Wildman–Crippen MR) is 79.4 cm³/mol. The third-order valence-corrected chi connectivity index (χ3v) is 4.60. The number of carbonyl (C=O) groups is 1. The van der Waals surface area contributed by atoms with Crippen LogP contribution < -0.4 is 15.4 Å². The van der Waals surface area contributed by atoms with Crippen LogP contribution >= 0.6 is 0 Å². The molecule has 1 aliphatic heterocycles. The van der Waals surface area contributed by atoms with Crippen molar-refractivity contribution in [2.24, 2.45) is 0 Å². The summed E-state index contributed by atoms with van der Waals surface area (Å²) in [6.07, 6.45) is 3.54. The lowest BCUT2D eigenvalue weighted by Gasteiger charge is -2.23. The van der Waals surface area contributed by atoms with Crippen molar-refractivity contribution < 1.29 is 13.2 Å². The smallest absolute Gasteiger partial charge is 0.260 e. The van der Waals surface area contributed by atoms with Gasteiger partial charge < -0.3 is 10.6 Å². The first-order valence-corrected chi connectivity index (χ1v) is 8.52. The van der Waals surface area contributed by atoms with Crippen LogP contribution in [0.2, 0.25) is 0 Å². The van der Waals surface area contributed by atoms with Crippen LogP contribution in [-0.4, -0.2) is 38.4 Å². The van der Waals surface area contributed by atoms with Gasteiger partial charge in [-0.15, -0.1) is 0 Å². The Balaban J connectivity index is 2.20. The van der Waals surface area contributed by atoms with Gasteiger partial charge in [0.1, 0.15) is 6.04 Å². The molecule has 1 unspecified atom stereocenters. The zero-order chi connectivity index (χ0) is 15.3. The summed E-state index contributed by atoms with van der Waals surface area (Å²) in [6, 6.07) is 2.60. The maximum absolute atomic E-state index is 12.4. The SMILES string of the molecule is CCCNc1cccnc1S(=O)(=O)NC1CCCNC1=O. The van der Waals surface area contributed by atoms with E-state index >= 15 is 0 Å². The van der Waals surface area contributed by atoms with Crippen molar-refractivity contribution >= 4 is 21.6 Å². The number of hydrogen-bond acceptors (Lipinski definition) is 5. The van der Waals surface area contributed by atoms with E-state index in [-0.39, 0.29) is 10.9 Å². The largest absolute Gasteiger partial charge is 0.383 e. The molecule has 0 radical (unpaired) electrons. The van der Waals surface area contributed by atoms with Crippen LogP contribution in [0, 0.1) is 0 Å². The second-order valence-corrected chi connectivity index (χ2v) is 6.52. The van der Waals surface area contributed by atoms with Gasteiger partial charge in [-0.2, -0.15) is 4.72 Å². The summed E-state index contributed by atoms with van der Waals surface area (Å²) in [6.45, 7) is 3.23. The average Bonchev–Trinajstić information content (AvgIpc) is 2.47. The van der Waals surface area contributed by atoms with Crippen molar-refractivity contribution in [1.29, 1.82) is 0 Å². The first-order valence-electron chi connectivity index (χ1n) is 7.03. The lowest BCUT2D eigenvalue weighted by molar-refractivity contribution is -0.124. The van der Waals surface area contributed by atoms with E-state index in [1.165, 1.54) is 6.20 Å². The number of nitrogens with one attached hydrogen (secondary N) is 3. The highest BCUT2D eigenvalue weighted by molar-refractivity contribution is 7.89. The van der Waals surface area contributed by atoms with Gasteiger partial charge in [-0.1, -0.05) is 6.92 Å². The number of rotatable bonds is 6. The van der Waals surface area contributed by atoms with Crippen LogP contribution in [-0.2, 0) is 14.8 Å². The first-order chi connectivity index (χ1) is 10.0. The normalized spacial score (nSPS) is 19.1. The summed E-state index contributed by atoms with van der Waals surface area (Å²) >= 11 is 0. The molecule has 0 saturated carbocycles. The lowest BCUT2D eigenvalue weighted by Crippen LogP contribution is -2.50. The van der Waals surface area contributed by atoms with Crippen LogP contribution in [0.3, 0.4) is 0 Å². The van der Waals surface area contributed by atoms with Gasteiger partial charge in [0.05, 0.1) is 5.69 Å². The van der Waals surface area contributed by atoms with E-state index in [4.69, 9.17) is 0 Å². The standard InChI is InChI=1S/C13H20N4O3S/c1-2-7-14-11-6-4-9-16-13(11)21(19,20)17-10-5-3-8-15-12(10)18/h4,6,9-10,14,17H,2-3,5,7-8H2,1H3,(H,15,18). The number of pyridine rings is 1. The van der Waals surface area contributed by atoms with Crippen molar-refractivity contribution in [3.8, 4) is 0 Å². The fraction of sp³-hybridized carbons (Fsp3) is 0.538. The Kier molecular flexibility index (Phi) is 5.13. The van der Waals surface area contributed by atoms with Crippen LogP contribution in [0.4, 0.5) is 5.69 Å². The number of hydrogen-bond donors (Lipinski definition) is 3. The molecule has 8 heteroatoms. The summed E-state index contributed by atoms with van der Waals surface area (Å²) in [5.41, 5.74) is 0.447. The zero-order valence-corrected chi connectivity index (χ0v) is 12.7. The van der Waals surface area contributed by atoms with Gasteiger partial charge in [0.15, 0.2) is 5.03 Å². The Hall–Kier alpha value is -1.67. The van der Waals surface area contributed by atoms with E-state index in [9.17, 15) is 13.2 Å². The van der Waals surface area contributed by atoms with Gasteiger partial charge in [0, 0.05) is 19.3 Å². The number of aromatic nitrogens is 1. The summed E-state index contributed by atoms with van der Waals surface area (Å²) in [5.74, 6) is -0.288.